The van der Waals surface area contributed by atoms with E-state index in [2.05, 4.69) is 5.32 Å². The number of amides is 1. The Labute approximate surface area is 122 Å². The molecule has 0 unspecified atom stereocenters. The van der Waals surface area contributed by atoms with Gasteiger partial charge in [0.1, 0.15) is 0 Å². The molecule has 0 aliphatic rings. The Morgan fingerprint density at radius 3 is 2.48 bits per heavy atom. The summed E-state index contributed by atoms with van der Waals surface area (Å²) in [5.74, 6) is -1.25. The molecule has 0 aliphatic carbocycles. The summed E-state index contributed by atoms with van der Waals surface area (Å²) in [4.78, 5) is 32.7. The zero-order chi connectivity index (χ0) is 16.0. The molecule has 1 amide bonds. The third kappa shape index (κ3) is 4.87. The lowest BCUT2D eigenvalue weighted by Crippen LogP contribution is -2.25. The van der Waals surface area contributed by atoms with Crippen LogP contribution in [0, 0.1) is 24.0 Å². The number of unbranched alkanes of at least 4 members (excludes halogenated alkanes) is 1. The van der Waals surface area contributed by atoms with Gasteiger partial charge in [0.2, 0.25) is 0 Å². The predicted octanol–water partition coefficient (Wildman–Crippen LogP) is 2.20. The molecular weight excluding hydrogens is 276 g/mol. The molecule has 1 aromatic carbocycles. The Bertz CT molecular complexity index is 569. The summed E-state index contributed by atoms with van der Waals surface area (Å²) in [5, 5.41) is 22.0. The van der Waals surface area contributed by atoms with E-state index in [0.29, 0.717) is 30.5 Å². The molecule has 0 bridgehead atoms. The maximum Gasteiger partial charge on any atom is 0.303 e. The number of benzene rings is 1. The summed E-state index contributed by atoms with van der Waals surface area (Å²) < 4.78 is 0. The van der Waals surface area contributed by atoms with Crippen LogP contribution in [0.25, 0.3) is 0 Å². The second-order valence-electron chi connectivity index (χ2n) is 4.82. The molecule has 7 nitrogen and oxygen atoms in total. The lowest BCUT2D eigenvalue weighted by molar-refractivity contribution is -0.385. The molecule has 0 spiro atoms. The summed E-state index contributed by atoms with van der Waals surface area (Å²) in [6.07, 6.45) is 1.08. The quantitative estimate of drug-likeness (QED) is 0.455. The first-order chi connectivity index (χ1) is 9.82. The van der Waals surface area contributed by atoms with Crippen LogP contribution in [0.3, 0.4) is 0 Å². The van der Waals surface area contributed by atoms with Gasteiger partial charge >= 0.3 is 5.97 Å². The molecule has 0 saturated carbocycles. The number of aryl methyl sites for hydroxylation is 2. The number of nitrogens with zero attached hydrogens (tertiary/aromatic N) is 1. The van der Waals surface area contributed by atoms with E-state index in [1.807, 2.05) is 0 Å². The Hall–Kier alpha value is -2.44. The second-order valence-corrected chi connectivity index (χ2v) is 4.82. The average Bonchev–Trinajstić information content (AvgIpc) is 2.37. The highest BCUT2D eigenvalue weighted by Crippen LogP contribution is 2.22. The van der Waals surface area contributed by atoms with E-state index in [4.69, 9.17) is 5.11 Å². The summed E-state index contributed by atoms with van der Waals surface area (Å²) >= 11 is 0. The predicted molar refractivity (Wildman–Crippen MR) is 76.4 cm³/mol. The number of nitro benzene ring substituents is 1. The van der Waals surface area contributed by atoms with Crippen LogP contribution in [0.1, 0.15) is 40.7 Å². The maximum atomic E-state index is 12.0. The fourth-order valence-electron chi connectivity index (χ4n) is 1.98. The van der Waals surface area contributed by atoms with Crippen LogP contribution in [0.2, 0.25) is 0 Å². The van der Waals surface area contributed by atoms with E-state index in [1.54, 1.807) is 19.9 Å². The number of carboxylic acid groups (broad SMARTS) is 1. The zero-order valence-corrected chi connectivity index (χ0v) is 12.0. The minimum absolute atomic E-state index is 0.0604. The van der Waals surface area contributed by atoms with Gasteiger partial charge in [0.15, 0.2) is 0 Å². The number of hydrogen-bond acceptors (Lipinski definition) is 4. The highest BCUT2D eigenvalue weighted by atomic mass is 16.6. The van der Waals surface area contributed by atoms with E-state index >= 15 is 0 Å². The van der Waals surface area contributed by atoms with Crippen LogP contribution in [0.5, 0.6) is 0 Å². The van der Waals surface area contributed by atoms with Crippen LogP contribution >= 0.6 is 0 Å². The minimum atomic E-state index is -0.869. The van der Waals surface area contributed by atoms with Crippen molar-refractivity contribution in [3.8, 4) is 0 Å². The molecule has 21 heavy (non-hydrogen) atoms. The number of carbonyl (C=O) groups is 2. The lowest BCUT2D eigenvalue weighted by atomic mass is 10.0. The van der Waals surface area contributed by atoms with E-state index in [9.17, 15) is 19.7 Å². The standard InChI is InChI=1S/C14H18N2O5/c1-9-7-10(2)12(16(20)21)8-11(9)14(19)15-6-4-3-5-13(17)18/h7-8H,3-6H2,1-2H3,(H,15,19)(H,17,18). The molecule has 0 saturated heterocycles. The van der Waals surface area contributed by atoms with Gasteiger partial charge in [-0.2, -0.15) is 0 Å². The SMILES string of the molecule is Cc1cc(C)c([N+](=O)[O-])cc1C(=O)NCCCCC(=O)O. The normalized spacial score (nSPS) is 10.2. The molecular formula is C14H18N2O5. The second kappa shape index (κ2) is 7.37. The Morgan fingerprint density at radius 1 is 1.24 bits per heavy atom. The Morgan fingerprint density at radius 2 is 1.90 bits per heavy atom. The van der Waals surface area contributed by atoms with Gasteiger partial charge in [-0.3, -0.25) is 19.7 Å². The Balaban J connectivity index is 2.68. The van der Waals surface area contributed by atoms with Crippen LogP contribution in [-0.4, -0.2) is 28.5 Å². The van der Waals surface area contributed by atoms with E-state index < -0.39 is 10.9 Å². The van der Waals surface area contributed by atoms with Gasteiger partial charge in [-0.25, -0.2) is 0 Å². The van der Waals surface area contributed by atoms with Gasteiger partial charge in [-0.05, 0) is 38.3 Å². The van der Waals surface area contributed by atoms with Crippen LogP contribution in [0.15, 0.2) is 12.1 Å². The molecule has 0 aromatic heterocycles. The number of nitro groups is 1. The van der Waals surface area contributed by atoms with Crippen molar-refractivity contribution in [2.24, 2.45) is 0 Å². The van der Waals surface area contributed by atoms with Crippen molar-refractivity contribution in [3.63, 3.8) is 0 Å². The minimum Gasteiger partial charge on any atom is -0.481 e. The molecule has 0 aliphatic heterocycles. The van der Waals surface area contributed by atoms with Crippen molar-refractivity contribution in [3.05, 3.63) is 38.9 Å². The van der Waals surface area contributed by atoms with Gasteiger partial charge in [-0.15, -0.1) is 0 Å². The summed E-state index contributed by atoms with van der Waals surface area (Å²) in [5.41, 5.74) is 1.36. The number of carboxylic acids is 1. The largest absolute Gasteiger partial charge is 0.481 e. The Kier molecular flexibility index (Phi) is 5.83. The first kappa shape index (κ1) is 16.6. The molecule has 1 rings (SSSR count). The van der Waals surface area contributed by atoms with Crippen molar-refractivity contribution in [2.75, 3.05) is 6.54 Å². The third-order valence-corrected chi connectivity index (χ3v) is 3.09. The van der Waals surface area contributed by atoms with Crippen molar-refractivity contribution in [1.82, 2.24) is 5.32 Å². The highest BCUT2D eigenvalue weighted by Gasteiger charge is 2.17. The summed E-state index contributed by atoms with van der Waals surface area (Å²) in [6.45, 7) is 3.68. The van der Waals surface area contributed by atoms with Crippen LogP contribution < -0.4 is 5.32 Å². The van der Waals surface area contributed by atoms with Crippen molar-refractivity contribution in [2.45, 2.75) is 33.1 Å². The first-order valence-electron chi connectivity index (χ1n) is 6.58. The van der Waals surface area contributed by atoms with Crippen molar-refractivity contribution >= 4 is 17.6 Å². The average molecular weight is 294 g/mol. The fraction of sp³-hybridized carbons (Fsp3) is 0.429. The van der Waals surface area contributed by atoms with Gasteiger partial charge < -0.3 is 10.4 Å². The molecule has 0 radical (unpaired) electrons. The number of hydrogen-bond donors (Lipinski definition) is 2. The number of aliphatic carboxylic acids is 1. The van der Waals surface area contributed by atoms with E-state index in [0.717, 1.165) is 0 Å². The van der Waals surface area contributed by atoms with Crippen LogP contribution in [0.4, 0.5) is 5.69 Å². The number of nitrogens with one attached hydrogen (secondary N) is 1. The molecule has 114 valence electrons. The fourth-order valence-corrected chi connectivity index (χ4v) is 1.98. The molecule has 1 aromatic rings. The monoisotopic (exact) mass is 294 g/mol. The topological polar surface area (TPSA) is 110 Å². The molecule has 2 N–H and O–H groups in total. The van der Waals surface area contributed by atoms with Gasteiger partial charge in [-0.1, -0.05) is 0 Å². The molecule has 0 atom stereocenters. The smallest absolute Gasteiger partial charge is 0.303 e. The third-order valence-electron chi connectivity index (χ3n) is 3.09. The highest BCUT2D eigenvalue weighted by molar-refractivity contribution is 5.96. The van der Waals surface area contributed by atoms with Crippen molar-refractivity contribution < 1.29 is 19.6 Å². The van der Waals surface area contributed by atoms with Crippen LogP contribution in [-0.2, 0) is 4.79 Å². The number of carbonyl (C=O) groups excluding carboxylic acids is 1. The molecule has 0 heterocycles. The maximum absolute atomic E-state index is 12.0. The first-order valence-corrected chi connectivity index (χ1v) is 6.58. The zero-order valence-electron chi connectivity index (χ0n) is 12.0. The van der Waals surface area contributed by atoms with Gasteiger partial charge in [0, 0.05) is 30.2 Å². The number of rotatable bonds is 7. The summed E-state index contributed by atoms with van der Waals surface area (Å²) in [7, 11) is 0. The lowest BCUT2D eigenvalue weighted by Gasteiger charge is -2.08. The van der Waals surface area contributed by atoms with Crippen molar-refractivity contribution in [1.29, 1.82) is 0 Å². The van der Waals surface area contributed by atoms with Gasteiger partial charge in [0.25, 0.3) is 11.6 Å². The molecule has 7 heteroatoms. The molecule has 0 fully saturated rings. The van der Waals surface area contributed by atoms with Gasteiger partial charge in [0.05, 0.1) is 4.92 Å². The van der Waals surface area contributed by atoms with E-state index in [1.165, 1.54) is 6.07 Å². The van der Waals surface area contributed by atoms with E-state index in [-0.39, 0.29) is 23.6 Å². The summed E-state index contributed by atoms with van der Waals surface area (Å²) in [6, 6.07) is 2.88.